The molecular formula is C24H20BrCl3F3NO2. The fourth-order valence-corrected chi connectivity index (χ4v) is 4.85. The lowest BCUT2D eigenvalue weighted by atomic mass is 9.94. The maximum Gasteiger partial charge on any atom is 0.399 e. The Labute approximate surface area is 218 Å². The highest BCUT2D eigenvalue weighted by molar-refractivity contribution is 9.10. The molecule has 3 rings (SSSR count). The van der Waals surface area contributed by atoms with Gasteiger partial charge >= 0.3 is 6.18 Å². The van der Waals surface area contributed by atoms with Gasteiger partial charge in [-0.1, -0.05) is 69.0 Å². The first-order valence-electron chi connectivity index (χ1n) is 10.4. The zero-order valence-corrected chi connectivity index (χ0v) is 21.8. The van der Waals surface area contributed by atoms with Crippen LogP contribution < -0.4 is 5.32 Å². The van der Waals surface area contributed by atoms with Crippen LogP contribution in [-0.2, 0) is 4.79 Å². The van der Waals surface area contributed by atoms with E-state index in [2.05, 4.69) is 21.2 Å². The highest BCUT2D eigenvalue weighted by Crippen LogP contribution is 2.50. The molecule has 2 aromatic rings. The standard InChI is InChI=1S/C24H20BrCl3F3NO2/c1-2-32-22(34)23(7-8-23)12-20(33)15-5-3-13(9-17(15)25)4-6-16(24(29,30)31)14-10-18(26)21(28)19(27)11-14/h3-6,9-11,16H,2,7-8,12H2,1H3,(H,32,34)/b6-4+. The number of rotatable bonds is 8. The van der Waals surface area contributed by atoms with E-state index in [1.54, 1.807) is 18.2 Å². The molecule has 1 aliphatic carbocycles. The molecule has 2 aromatic carbocycles. The Kier molecular flexibility index (Phi) is 8.44. The second-order valence-corrected chi connectivity index (χ2v) is 10.2. The minimum absolute atomic E-state index is 0.0127. The van der Waals surface area contributed by atoms with Gasteiger partial charge in [0, 0.05) is 23.0 Å². The number of Topliss-reactive ketones (excluding diaryl/α,β-unsaturated/α-hetero) is 1. The van der Waals surface area contributed by atoms with Crippen LogP contribution in [0.15, 0.2) is 40.9 Å². The van der Waals surface area contributed by atoms with E-state index in [0.29, 0.717) is 35.0 Å². The molecule has 0 spiro atoms. The molecule has 1 fully saturated rings. The summed E-state index contributed by atoms with van der Waals surface area (Å²) in [5.41, 5.74) is 0.0192. The highest BCUT2D eigenvalue weighted by atomic mass is 79.9. The predicted molar refractivity (Wildman–Crippen MR) is 133 cm³/mol. The van der Waals surface area contributed by atoms with Crippen molar-refractivity contribution < 1.29 is 22.8 Å². The molecule has 0 bridgehead atoms. The van der Waals surface area contributed by atoms with Crippen molar-refractivity contribution >= 4 is 68.5 Å². The molecule has 10 heteroatoms. The lowest BCUT2D eigenvalue weighted by molar-refractivity contribution is -0.139. The Bertz CT molecular complexity index is 1120. The van der Waals surface area contributed by atoms with E-state index in [0.717, 1.165) is 18.2 Å². The first-order valence-corrected chi connectivity index (χ1v) is 12.3. The summed E-state index contributed by atoms with van der Waals surface area (Å²) in [5.74, 6) is -2.30. The summed E-state index contributed by atoms with van der Waals surface area (Å²) >= 11 is 21.0. The van der Waals surface area contributed by atoms with E-state index >= 15 is 0 Å². The predicted octanol–water partition coefficient (Wildman–Crippen LogP) is 8.26. The molecule has 0 aliphatic heterocycles. The van der Waals surface area contributed by atoms with Crippen LogP contribution in [0.1, 0.15) is 53.6 Å². The van der Waals surface area contributed by atoms with E-state index < -0.39 is 17.5 Å². The molecule has 3 nitrogen and oxygen atoms in total. The summed E-state index contributed by atoms with van der Waals surface area (Å²) in [4.78, 5) is 25.0. The van der Waals surface area contributed by atoms with Crippen LogP contribution in [0.25, 0.3) is 6.08 Å². The SMILES string of the molecule is CCNC(=O)C1(CC(=O)c2ccc(/C=C/C(c3cc(Cl)c(Cl)c(Cl)c3)C(F)(F)F)cc2Br)CC1. The van der Waals surface area contributed by atoms with Gasteiger partial charge in [0.1, 0.15) is 0 Å². The molecule has 0 heterocycles. The molecule has 1 amide bonds. The maximum atomic E-state index is 13.7. The normalized spacial score (nSPS) is 15.9. The zero-order valence-electron chi connectivity index (χ0n) is 17.9. The van der Waals surface area contributed by atoms with E-state index in [1.165, 1.54) is 6.08 Å². The average Bonchev–Trinajstić information content (AvgIpc) is 3.52. The lowest BCUT2D eigenvalue weighted by Gasteiger charge is -2.18. The molecule has 182 valence electrons. The van der Waals surface area contributed by atoms with Crippen molar-refractivity contribution in [1.82, 2.24) is 5.32 Å². The third-order valence-electron chi connectivity index (χ3n) is 5.66. The quantitative estimate of drug-likeness (QED) is 0.246. The summed E-state index contributed by atoms with van der Waals surface area (Å²) < 4.78 is 41.7. The van der Waals surface area contributed by atoms with Gasteiger partial charge in [-0.15, -0.1) is 0 Å². The Morgan fingerprint density at radius 1 is 1.15 bits per heavy atom. The second-order valence-electron chi connectivity index (χ2n) is 8.16. The number of carbonyl (C=O) groups excluding carboxylic acids is 2. The van der Waals surface area contributed by atoms with Crippen LogP contribution in [0, 0.1) is 5.41 Å². The fourth-order valence-electron chi connectivity index (χ4n) is 3.62. The van der Waals surface area contributed by atoms with Crippen molar-refractivity contribution in [3.63, 3.8) is 0 Å². The Balaban J connectivity index is 1.81. The largest absolute Gasteiger partial charge is 0.399 e. The van der Waals surface area contributed by atoms with E-state index in [1.807, 2.05) is 6.92 Å². The summed E-state index contributed by atoms with van der Waals surface area (Å²) in [6, 6.07) is 6.93. The Hall–Kier alpha value is -1.54. The number of carbonyl (C=O) groups is 2. The Morgan fingerprint density at radius 3 is 2.26 bits per heavy atom. The summed E-state index contributed by atoms with van der Waals surface area (Å²) in [5, 5.41) is 2.61. The van der Waals surface area contributed by atoms with Gasteiger partial charge in [-0.25, -0.2) is 0 Å². The monoisotopic (exact) mass is 595 g/mol. The zero-order chi connectivity index (χ0) is 25.3. The van der Waals surface area contributed by atoms with Crippen molar-refractivity contribution in [2.24, 2.45) is 5.41 Å². The first-order chi connectivity index (χ1) is 15.9. The molecule has 0 radical (unpaired) electrons. The lowest BCUT2D eigenvalue weighted by Crippen LogP contribution is -2.33. The van der Waals surface area contributed by atoms with Gasteiger partial charge in [0.2, 0.25) is 5.91 Å². The fraction of sp³-hybridized carbons (Fsp3) is 0.333. The minimum atomic E-state index is -4.60. The number of hydrogen-bond acceptors (Lipinski definition) is 2. The number of amides is 1. The molecular weight excluding hydrogens is 578 g/mol. The number of alkyl halides is 3. The van der Waals surface area contributed by atoms with E-state index in [-0.39, 0.29) is 38.7 Å². The molecule has 1 unspecified atom stereocenters. The third kappa shape index (κ3) is 6.17. The van der Waals surface area contributed by atoms with Crippen LogP contribution >= 0.6 is 50.7 Å². The van der Waals surface area contributed by atoms with Crippen LogP contribution in [0.5, 0.6) is 0 Å². The van der Waals surface area contributed by atoms with Crippen LogP contribution in [-0.4, -0.2) is 24.4 Å². The van der Waals surface area contributed by atoms with Gasteiger partial charge in [0.15, 0.2) is 5.78 Å². The van der Waals surface area contributed by atoms with E-state index in [4.69, 9.17) is 34.8 Å². The van der Waals surface area contributed by atoms with Crippen molar-refractivity contribution in [2.75, 3.05) is 6.54 Å². The molecule has 0 aromatic heterocycles. The smallest absolute Gasteiger partial charge is 0.356 e. The molecule has 1 atom stereocenters. The number of nitrogens with one attached hydrogen (secondary N) is 1. The topological polar surface area (TPSA) is 46.2 Å². The van der Waals surface area contributed by atoms with Crippen molar-refractivity contribution in [3.05, 3.63) is 72.6 Å². The number of hydrogen-bond donors (Lipinski definition) is 1. The molecule has 1 saturated carbocycles. The van der Waals surface area contributed by atoms with Gasteiger partial charge < -0.3 is 5.32 Å². The van der Waals surface area contributed by atoms with Gasteiger partial charge in [-0.3, -0.25) is 9.59 Å². The molecule has 1 aliphatic rings. The van der Waals surface area contributed by atoms with Crippen molar-refractivity contribution in [3.8, 4) is 0 Å². The molecule has 0 saturated heterocycles. The highest BCUT2D eigenvalue weighted by Gasteiger charge is 2.51. The Morgan fingerprint density at radius 2 is 1.76 bits per heavy atom. The van der Waals surface area contributed by atoms with Crippen LogP contribution in [0.2, 0.25) is 15.1 Å². The summed E-state index contributed by atoms with van der Waals surface area (Å²) in [6.45, 7) is 2.31. The van der Waals surface area contributed by atoms with Gasteiger partial charge in [0.05, 0.1) is 26.4 Å². The second kappa shape index (κ2) is 10.6. The van der Waals surface area contributed by atoms with Gasteiger partial charge in [-0.2, -0.15) is 13.2 Å². The average molecular weight is 598 g/mol. The van der Waals surface area contributed by atoms with E-state index in [9.17, 15) is 22.8 Å². The van der Waals surface area contributed by atoms with Crippen molar-refractivity contribution in [2.45, 2.75) is 38.3 Å². The summed E-state index contributed by atoms with van der Waals surface area (Å²) in [6.07, 6.45) is -0.901. The van der Waals surface area contributed by atoms with Gasteiger partial charge in [-0.05, 0) is 55.2 Å². The van der Waals surface area contributed by atoms with Crippen LogP contribution in [0.3, 0.4) is 0 Å². The molecule has 34 heavy (non-hydrogen) atoms. The minimum Gasteiger partial charge on any atom is -0.356 e. The first kappa shape index (κ1) is 27.1. The van der Waals surface area contributed by atoms with Crippen LogP contribution in [0.4, 0.5) is 13.2 Å². The summed E-state index contributed by atoms with van der Waals surface area (Å²) in [7, 11) is 0. The number of ketones is 1. The number of benzene rings is 2. The number of halogens is 7. The molecule has 1 N–H and O–H groups in total. The van der Waals surface area contributed by atoms with Crippen molar-refractivity contribution in [1.29, 1.82) is 0 Å². The number of allylic oxidation sites excluding steroid dienone is 1. The van der Waals surface area contributed by atoms with Gasteiger partial charge in [0.25, 0.3) is 0 Å². The maximum absolute atomic E-state index is 13.7. The third-order valence-corrected chi connectivity index (χ3v) is 7.52.